The predicted molar refractivity (Wildman–Crippen MR) is 99.1 cm³/mol. The first kappa shape index (κ1) is 17.4. The Bertz CT molecular complexity index is 769. The van der Waals surface area contributed by atoms with E-state index in [1.807, 2.05) is 25.1 Å². The normalized spacial score (nSPS) is 18.2. The fourth-order valence-electron chi connectivity index (χ4n) is 3.32. The van der Waals surface area contributed by atoms with Gasteiger partial charge in [0.05, 0.1) is 12.5 Å². The van der Waals surface area contributed by atoms with Gasteiger partial charge in [0.15, 0.2) is 0 Å². The molecule has 132 valence electrons. The van der Waals surface area contributed by atoms with Crippen molar-refractivity contribution in [1.82, 2.24) is 15.1 Å². The molecule has 0 aromatic heterocycles. The molecule has 1 aliphatic rings. The number of piperazine rings is 1. The second kappa shape index (κ2) is 7.66. The fourth-order valence-corrected chi connectivity index (χ4v) is 3.32. The molecule has 0 aliphatic carbocycles. The summed E-state index contributed by atoms with van der Waals surface area (Å²) in [6.45, 7) is 4.63. The number of nitrogens with one attached hydrogen (secondary N) is 1. The number of amides is 2. The largest absolute Gasteiger partial charge is 0.353 e. The van der Waals surface area contributed by atoms with E-state index in [0.29, 0.717) is 19.6 Å². The topological polar surface area (TPSA) is 52.7 Å². The average molecular weight is 339 g/mol. The van der Waals surface area contributed by atoms with Gasteiger partial charge in [0.1, 0.15) is 0 Å². The van der Waals surface area contributed by atoms with Gasteiger partial charge in [0.2, 0.25) is 11.8 Å². The third kappa shape index (κ3) is 3.82. The Hall–Kier alpha value is -2.40. The van der Waals surface area contributed by atoms with Crippen LogP contribution in [0, 0.1) is 0 Å². The van der Waals surface area contributed by atoms with Crippen molar-refractivity contribution in [3.05, 3.63) is 48.0 Å². The van der Waals surface area contributed by atoms with E-state index < -0.39 is 6.04 Å². The van der Waals surface area contributed by atoms with Crippen molar-refractivity contribution in [2.45, 2.75) is 25.9 Å². The first-order chi connectivity index (χ1) is 12.1. The van der Waals surface area contributed by atoms with Crippen LogP contribution in [-0.4, -0.2) is 54.3 Å². The van der Waals surface area contributed by atoms with Crippen LogP contribution in [0.25, 0.3) is 10.8 Å². The van der Waals surface area contributed by atoms with Crippen LogP contribution < -0.4 is 5.32 Å². The number of hydrogen-bond donors (Lipinski definition) is 1. The van der Waals surface area contributed by atoms with Gasteiger partial charge in [-0.2, -0.15) is 0 Å². The lowest BCUT2D eigenvalue weighted by molar-refractivity contribution is -0.138. The minimum absolute atomic E-state index is 0.00692. The van der Waals surface area contributed by atoms with E-state index in [0.717, 1.165) is 6.54 Å². The van der Waals surface area contributed by atoms with Gasteiger partial charge >= 0.3 is 0 Å². The smallest absolute Gasteiger partial charge is 0.237 e. The van der Waals surface area contributed by atoms with Crippen molar-refractivity contribution in [2.75, 3.05) is 26.7 Å². The van der Waals surface area contributed by atoms with Gasteiger partial charge in [-0.05, 0) is 23.3 Å². The highest BCUT2D eigenvalue weighted by molar-refractivity contribution is 5.89. The van der Waals surface area contributed by atoms with E-state index in [1.165, 1.54) is 16.3 Å². The van der Waals surface area contributed by atoms with Gasteiger partial charge in [0, 0.05) is 33.2 Å². The molecule has 1 fully saturated rings. The summed E-state index contributed by atoms with van der Waals surface area (Å²) >= 11 is 0. The van der Waals surface area contributed by atoms with Gasteiger partial charge in [-0.1, -0.05) is 42.5 Å². The van der Waals surface area contributed by atoms with E-state index >= 15 is 0 Å². The second-order valence-corrected chi connectivity index (χ2v) is 6.53. The molecular weight excluding hydrogens is 314 g/mol. The number of hydrogen-bond acceptors (Lipinski definition) is 3. The molecule has 1 atom stereocenters. The van der Waals surface area contributed by atoms with Crippen molar-refractivity contribution in [2.24, 2.45) is 0 Å². The molecule has 1 heterocycles. The van der Waals surface area contributed by atoms with Crippen molar-refractivity contribution in [1.29, 1.82) is 0 Å². The maximum Gasteiger partial charge on any atom is 0.237 e. The molecular formula is C20H25N3O2. The molecule has 0 spiro atoms. The van der Waals surface area contributed by atoms with Crippen LogP contribution in [0.2, 0.25) is 0 Å². The Labute approximate surface area is 148 Å². The van der Waals surface area contributed by atoms with Gasteiger partial charge in [-0.25, -0.2) is 0 Å². The summed E-state index contributed by atoms with van der Waals surface area (Å²) in [4.78, 5) is 28.5. The van der Waals surface area contributed by atoms with E-state index in [9.17, 15) is 9.59 Å². The fraction of sp³-hybridized carbons (Fsp3) is 0.400. The summed E-state index contributed by atoms with van der Waals surface area (Å²) < 4.78 is 0. The number of nitrogens with zero attached hydrogens (tertiary/aromatic N) is 2. The van der Waals surface area contributed by atoms with Crippen LogP contribution >= 0.6 is 0 Å². The zero-order valence-electron chi connectivity index (χ0n) is 14.9. The monoisotopic (exact) mass is 339 g/mol. The van der Waals surface area contributed by atoms with E-state index in [-0.39, 0.29) is 18.2 Å². The van der Waals surface area contributed by atoms with Crippen molar-refractivity contribution in [3.63, 3.8) is 0 Å². The summed E-state index contributed by atoms with van der Waals surface area (Å²) in [6.07, 6.45) is 0.223. The Balaban J connectivity index is 1.83. The number of carbonyl (C=O) groups is 2. The second-order valence-electron chi connectivity index (χ2n) is 6.53. The Morgan fingerprint density at radius 2 is 2.00 bits per heavy atom. The van der Waals surface area contributed by atoms with Gasteiger partial charge in [-0.15, -0.1) is 0 Å². The zero-order valence-corrected chi connectivity index (χ0v) is 14.9. The minimum Gasteiger partial charge on any atom is -0.353 e. The minimum atomic E-state index is -0.408. The molecule has 1 aliphatic heterocycles. The highest BCUT2D eigenvalue weighted by atomic mass is 16.2. The van der Waals surface area contributed by atoms with Crippen LogP contribution in [0.1, 0.15) is 18.9 Å². The first-order valence-electron chi connectivity index (χ1n) is 8.82. The molecule has 3 rings (SSSR count). The number of fused-ring (bicyclic) bond motifs is 1. The molecule has 5 heteroatoms. The standard InChI is InChI=1S/C20H25N3O2/c1-3-22(2)19(24)13-18-20(25)21-11-12-23(18)14-16-9-6-8-15-7-4-5-10-17(15)16/h4-10,18H,3,11-14H2,1-2H3,(H,21,25). The lowest BCUT2D eigenvalue weighted by Crippen LogP contribution is -2.56. The summed E-state index contributed by atoms with van der Waals surface area (Å²) in [5.41, 5.74) is 1.19. The molecule has 2 aromatic carbocycles. The molecule has 5 nitrogen and oxygen atoms in total. The predicted octanol–water partition coefficient (Wildman–Crippen LogP) is 2.01. The lowest BCUT2D eigenvalue weighted by atomic mass is 10.0. The van der Waals surface area contributed by atoms with E-state index in [2.05, 4.69) is 34.5 Å². The zero-order chi connectivity index (χ0) is 17.8. The maximum atomic E-state index is 12.4. The summed E-state index contributed by atoms with van der Waals surface area (Å²) in [6, 6.07) is 14.1. The highest BCUT2D eigenvalue weighted by Crippen LogP contribution is 2.22. The van der Waals surface area contributed by atoms with Crippen LogP contribution in [-0.2, 0) is 16.1 Å². The number of benzene rings is 2. The third-order valence-electron chi connectivity index (χ3n) is 4.96. The van der Waals surface area contributed by atoms with Crippen molar-refractivity contribution < 1.29 is 9.59 Å². The van der Waals surface area contributed by atoms with E-state index in [1.54, 1.807) is 11.9 Å². The van der Waals surface area contributed by atoms with Crippen molar-refractivity contribution in [3.8, 4) is 0 Å². The van der Waals surface area contributed by atoms with Crippen LogP contribution in [0.3, 0.4) is 0 Å². The highest BCUT2D eigenvalue weighted by Gasteiger charge is 2.32. The molecule has 1 saturated heterocycles. The Morgan fingerprint density at radius 1 is 1.24 bits per heavy atom. The van der Waals surface area contributed by atoms with Gasteiger partial charge < -0.3 is 10.2 Å². The molecule has 1 unspecified atom stereocenters. The molecule has 0 bridgehead atoms. The summed E-state index contributed by atoms with van der Waals surface area (Å²) in [5, 5.41) is 5.29. The molecule has 0 radical (unpaired) electrons. The third-order valence-corrected chi connectivity index (χ3v) is 4.96. The van der Waals surface area contributed by atoms with Crippen LogP contribution in [0.5, 0.6) is 0 Å². The van der Waals surface area contributed by atoms with Crippen LogP contribution in [0.4, 0.5) is 0 Å². The molecule has 2 amide bonds. The van der Waals surface area contributed by atoms with Gasteiger partial charge in [0.25, 0.3) is 0 Å². The molecule has 1 N–H and O–H groups in total. The molecule has 0 saturated carbocycles. The van der Waals surface area contributed by atoms with Crippen molar-refractivity contribution >= 4 is 22.6 Å². The SMILES string of the molecule is CCN(C)C(=O)CC1C(=O)NCCN1Cc1cccc2ccccc12. The maximum absolute atomic E-state index is 12.4. The Morgan fingerprint density at radius 3 is 2.80 bits per heavy atom. The Kier molecular flexibility index (Phi) is 5.34. The van der Waals surface area contributed by atoms with Crippen LogP contribution in [0.15, 0.2) is 42.5 Å². The number of carbonyl (C=O) groups excluding carboxylic acids is 2. The number of rotatable bonds is 5. The summed E-state index contributed by atoms with van der Waals surface area (Å²) in [7, 11) is 1.78. The first-order valence-corrected chi connectivity index (χ1v) is 8.82. The quantitative estimate of drug-likeness (QED) is 0.907. The van der Waals surface area contributed by atoms with E-state index in [4.69, 9.17) is 0 Å². The molecule has 25 heavy (non-hydrogen) atoms. The lowest BCUT2D eigenvalue weighted by Gasteiger charge is -2.35. The van der Waals surface area contributed by atoms with Gasteiger partial charge in [-0.3, -0.25) is 14.5 Å². The average Bonchev–Trinajstić information content (AvgIpc) is 2.64. The molecule has 2 aromatic rings. The summed E-state index contributed by atoms with van der Waals surface area (Å²) in [5.74, 6) is -0.0446.